The van der Waals surface area contributed by atoms with E-state index in [0.717, 1.165) is 25.2 Å². The second-order valence-electron chi connectivity index (χ2n) is 5.06. The van der Waals surface area contributed by atoms with Crippen molar-refractivity contribution in [3.05, 3.63) is 30.1 Å². The van der Waals surface area contributed by atoms with Gasteiger partial charge in [-0.25, -0.2) is 0 Å². The van der Waals surface area contributed by atoms with E-state index in [4.69, 9.17) is 5.73 Å². The van der Waals surface area contributed by atoms with Crippen molar-refractivity contribution >= 4 is 0 Å². The fourth-order valence-corrected chi connectivity index (χ4v) is 2.04. The van der Waals surface area contributed by atoms with Gasteiger partial charge in [-0.1, -0.05) is 13.0 Å². The summed E-state index contributed by atoms with van der Waals surface area (Å²) in [4.78, 5) is 8.95. The maximum absolute atomic E-state index is 6.26. The van der Waals surface area contributed by atoms with Crippen molar-refractivity contribution in [2.75, 3.05) is 34.2 Å². The smallest absolute Gasteiger partial charge is 0.0671 e. The Morgan fingerprint density at radius 3 is 2.44 bits per heavy atom. The molecule has 0 saturated carbocycles. The fraction of sp³-hybridized carbons (Fsp3) is 0.643. The van der Waals surface area contributed by atoms with Gasteiger partial charge in [0.2, 0.25) is 0 Å². The normalized spacial score (nSPS) is 15.1. The molecule has 0 aromatic carbocycles. The standard InChI is InChI=1S/C14H26N4/c1-5-12(15)14(13-8-6-7-9-16-13)18(4)11-10-17(2)3/h6-9,12,14H,5,10-11,15H2,1-4H3. The van der Waals surface area contributed by atoms with Crippen molar-refractivity contribution < 1.29 is 0 Å². The minimum atomic E-state index is 0.118. The second-order valence-corrected chi connectivity index (χ2v) is 5.06. The van der Waals surface area contributed by atoms with E-state index in [1.165, 1.54) is 0 Å². The molecule has 0 fully saturated rings. The highest BCUT2D eigenvalue weighted by Crippen LogP contribution is 2.21. The monoisotopic (exact) mass is 250 g/mol. The Hall–Kier alpha value is -0.970. The van der Waals surface area contributed by atoms with Crippen molar-refractivity contribution in [2.24, 2.45) is 5.73 Å². The third kappa shape index (κ3) is 4.37. The lowest BCUT2D eigenvalue weighted by atomic mass is 10.0. The largest absolute Gasteiger partial charge is 0.326 e. The van der Waals surface area contributed by atoms with Gasteiger partial charge in [-0.2, -0.15) is 0 Å². The average Bonchev–Trinajstić information content (AvgIpc) is 2.37. The van der Waals surface area contributed by atoms with Crippen LogP contribution in [0.1, 0.15) is 25.1 Å². The molecule has 1 aromatic rings. The summed E-state index contributed by atoms with van der Waals surface area (Å²) in [6.45, 7) is 4.14. The zero-order chi connectivity index (χ0) is 13.5. The van der Waals surface area contributed by atoms with Crippen LogP contribution in [0, 0.1) is 0 Å². The number of rotatable bonds is 7. The van der Waals surface area contributed by atoms with Crippen molar-refractivity contribution in [3.8, 4) is 0 Å². The molecule has 4 heteroatoms. The summed E-state index contributed by atoms with van der Waals surface area (Å²) in [5, 5.41) is 0. The number of pyridine rings is 1. The molecule has 18 heavy (non-hydrogen) atoms. The molecule has 0 bridgehead atoms. The van der Waals surface area contributed by atoms with Crippen LogP contribution in [0.3, 0.4) is 0 Å². The molecule has 1 aromatic heterocycles. The summed E-state index contributed by atoms with van der Waals surface area (Å²) in [5.74, 6) is 0. The first-order valence-electron chi connectivity index (χ1n) is 6.57. The van der Waals surface area contributed by atoms with Gasteiger partial charge in [0.15, 0.2) is 0 Å². The van der Waals surface area contributed by atoms with Crippen LogP contribution in [0.25, 0.3) is 0 Å². The van der Waals surface area contributed by atoms with Crippen molar-refractivity contribution in [2.45, 2.75) is 25.4 Å². The number of aromatic nitrogens is 1. The van der Waals surface area contributed by atoms with Gasteiger partial charge in [0.05, 0.1) is 11.7 Å². The van der Waals surface area contributed by atoms with Gasteiger partial charge >= 0.3 is 0 Å². The molecule has 0 saturated heterocycles. The lowest BCUT2D eigenvalue weighted by Crippen LogP contribution is -2.41. The molecule has 0 aliphatic heterocycles. The third-order valence-corrected chi connectivity index (χ3v) is 3.24. The van der Waals surface area contributed by atoms with Gasteiger partial charge in [-0.3, -0.25) is 9.88 Å². The fourth-order valence-electron chi connectivity index (χ4n) is 2.04. The molecule has 0 aliphatic rings. The SMILES string of the molecule is CCC(N)C(c1ccccn1)N(C)CCN(C)C. The molecule has 1 rings (SSSR count). The first-order chi connectivity index (χ1) is 8.56. The quantitative estimate of drug-likeness (QED) is 0.793. The highest BCUT2D eigenvalue weighted by Gasteiger charge is 2.23. The van der Waals surface area contributed by atoms with Crippen LogP contribution in [0.4, 0.5) is 0 Å². The molecule has 2 atom stereocenters. The molecular formula is C14H26N4. The first kappa shape index (κ1) is 15.1. The zero-order valence-electron chi connectivity index (χ0n) is 12.0. The molecule has 0 radical (unpaired) electrons. The van der Waals surface area contributed by atoms with Crippen molar-refractivity contribution in [1.82, 2.24) is 14.8 Å². The highest BCUT2D eigenvalue weighted by atomic mass is 15.2. The minimum absolute atomic E-state index is 0.118. The molecule has 4 nitrogen and oxygen atoms in total. The summed E-state index contributed by atoms with van der Waals surface area (Å²) in [6.07, 6.45) is 2.79. The molecule has 102 valence electrons. The van der Waals surface area contributed by atoms with Crippen LogP contribution in [0.5, 0.6) is 0 Å². The Balaban J connectivity index is 2.78. The van der Waals surface area contributed by atoms with Gasteiger partial charge < -0.3 is 10.6 Å². The van der Waals surface area contributed by atoms with Crippen molar-refractivity contribution in [3.63, 3.8) is 0 Å². The number of nitrogens with zero attached hydrogens (tertiary/aromatic N) is 3. The van der Waals surface area contributed by atoms with Crippen LogP contribution in [-0.4, -0.2) is 55.1 Å². The molecule has 0 spiro atoms. The Morgan fingerprint density at radius 1 is 1.22 bits per heavy atom. The van der Waals surface area contributed by atoms with Gasteiger partial charge in [-0.15, -0.1) is 0 Å². The van der Waals surface area contributed by atoms with E-state index < -0.39 is 0 Å². The van der Waals surface area contributed by atoms with Gasteiger partial charge in [0.25, 0.3) is 0 Å². The van der Waals surface area contributed by atoms with E-state index in [2.05, 4.69) is 48.9 Å². The van der Waals surface area contributed by atoms with E-state index in [-0.39, 0.29) is 12.1 Å². The second kappa shape index (κ2) is 7.46. The van der Waals surface area contributed by atoms with Gasteiger partial charge in [0.1, 0.15) is 0 Å². The van der Waals surface area contributed by atoms with E-state index in [1.807, 2.05) is 18.3 Å². The van der Waals surface area contributed by atoms with Crippen molar-refractivity contribution in [1.29, 1.82) is 0 Å². The Bertz CT molecular complexity index is 326. The molecular weight excluding hydrogens is 224 g/mol. The predicted molar refractivity (Wildman–Crippen MR) is 76.4 cm³/mol. The molecule has 2 unspecified atom stereocenters. The van der Waals surface area contributed by atoms with Gasteiger partial charge in [0, 0.05) is 25.3 Å². The van der Waals surface area contributed by atoms with Crippen LogP contribution in [0.15, 0.2) is 24.4 Å². The number of hydrogen-bond acceptors (Lipinski definition) is 4. The molecule has 0 amide bonds. The number of hydrogen-bond donors (Lipinski definition) is 1. The lowest BCUT2D eigenvalue weighted by molar-refractivity contribution is 0.187. The summed E-state index contributed by atoms with van der Waals surface area (Å²) in [6, 6.07) is 6.34. The summed E-state index contributed by atoms with van der Waals surface area (Å²) in [7, 11) is 6.30. The minimum Gasteiger partial charge on any atom is -0.326 e. The number of nitrogens with two attached hydrogens (primary N) is 1. The van der Waals surface area contributed by atoms with E-state index in [0.29, 0.717) is 0 Å². The number of likely N-dealkylation sites (N-methyl/N-ethyl adjacent to an activating group) is 2. The van der Waals surface area contributed by atoms with Crippen LogP contribution < -0.4 is 5.73 Å². The summed E-state index contributed by atoms with van der Waals surface area (Å²) < 4.78 is 0. The van der Waals surface area contributed by atoms with E-state index >= 15 is 0 Å². The molecule has 2 N–H and O–H groups in total. The van der Waals surface area contributed by atoms with Crippen LogP contribution in [0.2, 0.25) is 0 Å². The summed E-state index contributed by atoms with van der Waals surface area (Å²) in [5.41, 5.74) is 7.32. The third-order valence-electron chi connectivity index (χ3n) is 3.24. The Morgan fingerprint density at radius 2 is 1.94 bits per heavy atom. The topological polar surface area (TPSA) is 45.4 Å². The highest BCUT2D eigenvalue weighted by molar-refractivity contribution is 5.11. The summed E-state index contributed by atoms with van der Waals surface area (Å²) >= 11 is 0. The Labute approximate surface area is 111 Å². The molecule has 1 heterocycles. The maximum atomic E-state index is 6.26. The van der Waals surface area contributed by atoms with E-state index in [1.54, 1.807) is 0 Å². The van der Waals surface area contributed by atoms with Crippen LogP contribution >= 0.6 is 0 Å². The average molecular weight is 250 g/mol. The predicted octanol–water partition coefficient (Wildman–Crippen LogP) is 1.35. The zero-order valence-corrected chi connectivity index (χ0v) is 12.0. The van der Waals surface area contributed by atoms with E-state index in [9.17, 15) is 0 Å². The van der Waals surface area contributed by atoms with Crippen LogP contribution in [-0.2, 0) is 0 Å². The lowest BCUT2D eigenvalue weighted by Gasteiger charge is -2.32. The Kier molecular flexibility index (Phi) is 6.25. The van der Waals surface area contributed by atoms with Gasteiger partial charge in [-0.05, 0) is 39.7 Å². The first-order valence-corrected chi connectivity index (χ1v) is 6.57. The molecule has 0 aliphatic carbocycles. The maximum Gasteiger partial charge on any atom is 0.0671 e.